The highest BCUT2D eigenvalue weighted by molar-refractivity contribution is 7.15. The quantitative estimate of drug-likeness (QED) is 0.442. The third kappa shape index (κ3) is 3.47. The number of anilines is 1. The predicted octanol–water partition coefficient (Wildman–Crippen LogP) is 6.42. The van der Waals surface area contributed by atoms with Gasteiger partial charge in [-0.15, -0.1) is 11.3 Å². The molecule has 0 unspecified atom stereocenters. The Labute approximate surface area is 193 Å². The van der Waals surface area contributed by atoms with Crippen molar-refractivity contribution >= 4 is 34.6 Å². The number of rotatable bonds is 2. The molecule has 1 aliphatic carbocycles. The molecule has 0 saturated carbocycles. The van der Waals surface area contributed by atoms with E-state index in [1.165, 1.54) is 10.9 Å². The Balaban J connectivity index is 1.60. The molecule has 168 valence electrons. The number of alkyl halides is 3. The molecule has 0 saturated heterocycles. The molecule has 8 heteroatoms. The van der Waals surface area contributed by atoms with Gasteiger partial charge in [0, 0.05) is 33.1 Å². The molecule has 2 aliphatic rings. The highest BCUT2D eigenvalue weighted by atomic mass is 32.1. The van der Waals surface area contributed by atoms with Crippen molar-refractivity contribution in [2.24, 2.45) is 0 Å². The van der Waals surface area contributed by atoms with Gasteiger partial charge in [-0.2, -0.15) is 18.4 Å². The van der Waals surface area contributed by atoms with Gasteiger partial charge >= 0.3 is 6.18 Å². The van der Waals surface area contributed by atoms with E-state index in [1.807, 2.05) is 19.9 Å². The molecule has 1 aromatic carbocycles. The molecule has 33 heavy (non-hydrogen) atoms. The summed E-state index contributed by atoms with van der Waals surface area (Å²) in [5, 5.41) is 13.3. The van der Waals surface area contributed by atoms with Gasteiger partial charge in [-0.3, -0.25) is 4.79 Å². The van der Waals surface area contributed by atoms with Crippen LogP contribution in [0, 0.1) is 25.2 Å². The van der Waals surface area contributed by atoms with Crippen molar-refractivity contribution in [3.05, 3.63) is 68.3 Å². The van der Waals surface area contributed by atoms with Crippen LogP contribution in [-0.2, 0) is 23.8 Å². The molecule has 5 rings (SSSR count). The van der Waals surface area contributed by atoms with Gasteiger partial charge in [0.25, 0.3) is 5.91 Å². The minimum absolute atomic E-state index is 0.160. The number of nitriles is 1. The third-order valence-corrected chi connectivity index (χ3v) is 7.64. The number of halogens is 3. The van der Waals surface area contributed by atoms with Crippen LogP contribution in [0.4, 0.5) is 18.9 Å². The number of fused-ring (bicyclic) bond motifs is 2. The van der Waals surface area contributed by atoms with Gasteiger partial charge in [-0.1, -0.05) is 6.07 Å². The lowest BCUT2D eigenvalue weighted by Crippen LogP contribution is -2.06. The highest BCUT2D eigenvalue weighted by Crippen LogP contribution is 2.41. The van der Waals surface area contributed by atoms with Crippen molar-refractivity contribution < 1.29 is 18.0 Å². The van der Waals surface area contributed by atoms with Crippen molar-refractivity contribution in [1.29, 1.82) is 5.26 Å². The Hall–Kier alpha value is -3.31. The lowest BCUT2D eigenvalue weighted by atomic mass is 9.96. The maximum atomic E-state index is 13.1. The maximum Gasteiger partial charge on any atom is 0.416 e. The van der Waals surface area contributed by atoms with E-state index >= 15 is 0 Å². The van der Waals surface area contributed by atoms with Gasteiger partial charge in [0.1, 0.15) is 11.1 Å². The average molecular weight is 468 g/mol. The zero-order valence-corrected chi connectivity index (χ0v) is 18.9. The SMILES string of the molecule is Cc1cc(/C=C2/C(=O)Nc3cc(C(F)(F)F)ccc32)c(C)n1-c1sc2c(c1C#N)CCCC2. The first kappa shape index (κ1) is 21.5. The summed E-state index contributed by atoms with van der Waals surface area (Å²) in [6.45, 7) is 3.88. The van der Waals surface area contributed by atoms with E-state index in [0.29, 0.717) is 11.1 Å². The fourth-order valence-corrected chi connectivity index (χ4v) is 6.19. The smallest absolute Gasteiger partial charge is 0.321 e. The van der Waals surface area contributed by atoms with Crippen LogP contribution in [-0.4, -0.2) is 10.5 Å². The number of nitrogens with zero attached hydrogens (tertiary/aromatic N) is 2. The van der Waals surface area contributed by atoms with Crippen LogP contribution in [0.1, 0.15) is 56.9 Å². The first-order valence-corrected chi connectivity index (χ1v) is 11.5. The van der Waals surface area contributed by atoms with Crippen molar-refractivity contribution in [2.75, 3.05) is 5.32 Å². The summed E-state index contributed by atoms with van der Waals surface area (Å²) in [5.41, 5.74) is 4.61. The molecule has 0 bridgehead atoms. The number of thiophene rings is 1. The number of carbonyl (C=O) groups is 1. The lowest BCUT2D eigenvalue weighted by Gasteiger charge is -2.10. The van der Waals surface area contributed by atoms with Crippen LogP contribution in [0.2, 0.25) is 0 Å². The fraction of sp³-hybridized carbons (Fsp3) is 0.280. The normalized spacial score (nSPS) is 16.5. The number of carbonyl (C=O) groups excluding carboxylic acids is 1. The van der Waals surface area contributed by atoms with Crippen LogP contribution in [0.3, 0.4) is 0 Å². The molecule has 1 N–H and O–H groups in total. The number of aryl methyl sites for hydroxylation is 2. The van der Waals surface area contributed by atoms with Crippen molar-refractivity contribution in [2.45, 2.75) is 45.7 Å². The number of nitrogens with one attached hydrogen (secondary N) is 1. The molecular formula is C25H20F3N3OS. The molecule has 2 aromatic heterocycles. The molecule has 0 spiro atoms. The largest absolute Gasteiger partial charge is 0.416 e. The topological polar surface area (TPSA) is 57.8 Å². The predicted molar refractivity (Wildman–Crippen MR) is 122 cm³/mol. The number of hydrogen-bond acceptors (Lipinski definition) is 3. The fourth-order valence-electron chi connectivity index (χ4n) is 4.74. The van der Waals surface area contributed by atoms with Crippen molar-refractivity contribution in [1.82, 2.24) is 4.57 Å². The Bertz CT molecular complexity index is 1390. The van der Waals surface area contributed by atoms with E-state index in [-0.39, 0.29) is 5.69 Å². The zero-order chi connectivity index (χ0) is 23.5. The number of benzene rings is 1. The Morgan fingerprint density at radius 1 is 1.18 bits per heavy atom. The van der Waals surface area contributed by atoms with Gasteiger partial charge in [0.15, 0.2) is 0 Å². The summed E-state index contributed by atoms with van der Waals surface area (Å²) in [4.78, 5) is 13.9. The van der Waals surface area contributed by atoms with E-state index in [1.54, 1.807) is 17.4 Å². The van der Waals surface area contributed by atoms with Crippen LogP contribution in [0.5, 0.6) is 0 Å². The number of aromatic nitrogens is 1. The minimum atomic E-state index is -4.48. The molecule has 3 aromatic rings. The van der Waals surface area contributed by atoms with Gasteiger partial charge in [0.05, 0.1) is 11.1 Å². The van der Waals surface area contributed by atoms with Crippen LogP contribution < -0.4 is 5.32 Å². The summed E-state index contributed by atoms with van der Waals surface area (Å²) in [7, 11) is 0. The molecule has 3 heterocycles. The average Bonchev–Trinajstić information content (AvgIpc) is 3.37. The number of hydrogen-bond donors (Lipinski definition) is 1. The lowest BCUT2D eigenvalue weighted by molar-refractivity contribution is -0.137. The van der Waals surface area contributed by atoms with Gasteiger partial charge in [0.2, 0.25) is 0 Å². The summed E-state index contributed by atoms with van der Waals surface area (Å²) < 4.78 is 41.2. The molecule has 4 nitrogen and oxygen atoms in total. The number of amides is 1. The summed E-state index contributed by atoms with van der Waals surface area (Å²) in [6, 6.07) is 7.63. The first-order chi connectivity index (χ1) is 15.7. The van der Waals surface area contributed by atoms with Crippen LogP contribution >= 0.6 is 11.3 Å². The van der Waals surface area contributed by atoms with E-state index in [2.05, 4.69) is 16.0 Å². The first-order valence-electron chi connectivity index (χ1n) is 10.7. The highest BCUT2D eigenvalue weighted by Gasteiger charge is 2.34. The summed E-state index contributed by atoms with van der Waals surface area (Å²) in [6.07, 6.45) is 1.36. The molecule has 0 radical (unpaired) electrons. The maximum absolute atomic E-state index is 13.1. The van der Waals surface area contributed by atoms with E-state index in [4.69, 9.17) is 0 Å². The van der Waals surface area contributed by atoms with Crippen LogP contribution in [0.15, 0.2) is 24.3 Å². The molecule has 1 amide bonds. The molecular weight excluding hydrogens is 447 g/mol. The van der Waals surface area contributed by atoms with E-state index in [9.17, 15) is 23.2 Å². The Morgan fingerprint density at radius 2 is 1.94 bits per heavy atom. The second kappa shape index (κ2) is 7.63. The van der Waals surface area contributed by atoms with E-state index in [0.717, 1.165) is 70.9 Å². The molecule has 0 fully saturated rings. The Morgan fingerprint density at radius 3 is 2.67 bits per heavy atom. The zero-order valence-electron chi connectivity index (χ0n) is 18.1. The standard InChI is InChI=1S/C25H20F3N3OS/c1-13-9-15(10-19-17-8-7-16(25(26,27)28)11-21(17)30-23(19)32)14(2)31(13)24-20(12-29)18-5-3-4-6-22(18)33-24/h7-11H,3-6H2,1-2H3,(H,30,32)/b19-10+. The summed E-state index contributed by atoms with van der Waals surface area (Å²) in [5.74, 6) is -0.432. The van der Waals surface area contributed by atoms with Gasteiger partial charge < -0.3 is 9.88 Å². The van der Waals surface area contributed by atoms with Gasteiger partial charge in [-0.25, -0.2) is 0 Å². The van der Waals surface area contributed by atoms with Crippen molar-refractivity contribution in [3.8, 4) is 11.1 Å². The molecule has 0 atom stereocenters. The minimum Gasteiger partial charge on any atom is -0.321 e. The monoisotopic (exact) mass is 467 g/mol. The van der Waals surface area contributed by atoms with E-state index < -0.39 is 17.6 Å². The summed E-state index contributed by atoms with van der Waals surface area (Å²) >= 11 is 1.65. The van der Waals surface area contributed by atoms with Crippen LogP contribution in [0.25, 0.3) is 16.7 Å². The second-order valence-electron chi connectivity index (χ2n) is 8.43. The second-order valence-corrected chi connectivity index (χ2v) is 9.52. The van der Waals surface area contributed by atoms with Gasteiger partial charge in [-0.05, 0) is 74.9 Å². The third-order valence-electron chi connectivity index (χ3n) is 6.37. The molecule has 1 aliphatic heterocycles. The van der Waals surface area contributed by atoms with Crippen molar-refractivity contribution in [3.63, 3.8) is 0 Å². The Kier molecular flexibility index (Phi) is 4.98.